The molecular formula is C16H32N2O. The van der Waals surface area contributed by atoms with Crippen LogP contribution in [0.4, 0.5) is 0 Å². The van der Waals surface area contributed by atoms with E-state index in [1.165, 1.54) is 58.0 Å². The zero-order valence-corrected chi connectivity index (χ0v) is 13.0. The van der Waals surface area contributed by atoms with Crippen LogP contribution < -0.4 is 5.32 Å². The standard InChI is InChI=1S/C16H32N2O/c1-13(2)18(12-14-8-6-7-11-17-14)15-9-4-5-10-16(15)19-3/h13-17H,4-12H2,1-3H3. The first-order chi connectivity index (χ1) is 9.22. The van der Waals surface area contributed by atoms with Crippen molar-refractivity contribution in [3.63, 3.8) is 0 Å². The van der Waals surface area contributed by atoms with Crippen molar-refractivity contribution < 1.29 is 4.74 Å². The lowest BCUT2D eigenvalue weighted by Gasteiger charge is -2.43. The molecule has 1 saturated heterocycles. The number of piperidine rings is 1. The zero-order valence-electron chi connectivity index (χ0n) is 13.0. The molecular weight excluding hydrogens is 236 g/mol. The topological polar surface area (TPSA) is 24.5 Å². The number of nitrogens with one attached hydrogen (secondary N) is 1. The van der Waals surface area contributed by atoms with Gasteiger partial charge in [0, 0.05) is 31.8 Å². The van der Waals surface area contributed by atoms with Crippen LogP contribution >= 0.6 is 0 Å². The second kappa shape index (κ2) is 7.61. The number of hydrogen-bond acceptors (Lipinski definition) is 3. The number of ether oxygens (including phenoxy) is 1. The van der Waals surface area contributed by atoms with Crippen LogP contribution in [0.1, 0.15) is 58.8 Å². The summed E-state index contributed by atoms with van der Waals surface area (Å²) in [5, 5.41) is 3.69. The highest BCUT2D eigenvalue weighted by Gasteiger charge is 2.32. The van der Waals surface area contributed by atoms with Gasteiger partial charge < -0.3 is 10.1 Å². The normalized spacial score (nSPS) is 33.0. The Bertz CT molecular complexity index is 251. The van der Waals surface area contributed by atoms with Crippen molar-refractivity contribution in [2.45, 2.75) is 83.0 Å². The van der Waals surface area contributed by atoms with Crippen LogP contribution in [0, 0.1) is 0 Å². The summed E-state index contributed by atoms with van der Waals surface area (Å²) in [6, 6.07) is 1.93. The van der Waals surface area contributed by atoms with Crippen molar-refractivity contribution in [3.05, 3.63) is 0 Å². The Balaban J connectivity index is 1.96. The molecule has 0 aromatic carbocycles. The first kappa shape index (κ1) is 15.3. The highest BCUT2D eigenvalue weighted by molar-refractivity contribution is 4.88. The van der Waals surface area contributed by atoms with E-state index in [0.717, 1.165) is 0 Å². The van der Waals surface area contributed by atoms with Crippen LogP contribution in [-0.2, 0) is 4.74 Å². The number of hydrogen-bond donors (Lipinski definition) is 1. The van der Waals surface area contributed by atoms with Crippen LogP contribution in [0.25, 0.3) is 0 Å². The second-order valence-electron chi connectivity index (χ2n) is 6.56. The molecule has 2 rings (SSSR count). The fraction of sp³-hybridized carbons (Fsp3) is 1.00. The summed E-state index contributed by atoms with van der Waals surface area (Å²) < 4.78 is 5.76. The molecule has 1 heterocycles. The van der Waals surface area contributed by atoms with E-state index in [4.69, 9.17) is 4.74 Å². The highest BCUT2D eigenvalue weighted by Crippen LogP contribution is 2.27. The molecule has 0 spiro atoms. The van der Waals surface area contributed by atoms with E-state index < -0.39 is 0 Å². The lowest BCUT2D eigenvalue weighted by Crippen LogP contribution is -2.54. The molecule has 3 unspecified atom stereocenters. The van der Waals surface area contributed by atoms with Gasteiger partial charge in [0.05, 0.1) is 6.10 Å². The van der Waals surface area contributed by atoms with Gasteiger partial charge in [0.1, 0.15) is 0 Å². The van der Waals surface area contributed by atoms with Crippen molar-refractivity contribution in [2.24, 2.45) is 0 Å². The van der Waals surface area contributed by atoms with Crippen LogP contribution in [0.3, 0.4) is 0 Å². The molecule has 0 bridgehead atoms. The third-order valence-corrected chi connectivity index (χ3v) is 4.90. The highest BCUT2D eigenvalue weighted by atomic mass is 16.5. The van der Waals surface area contributed by atoms with E-state index >= 15 is 0 Å². The van der Waals surface area contributed by atoms with Crippen LogP contribution in [0.5, 0.6) is 0 Å². The fourth-order valence-electron chi connectivity index (χ4n) is 3.80. The molecule has 1 N–H and O–H groups in total. The first-order valence-corrected chi connectivity index (χ1v) is 8.24. The van der Waals surface area contributed by atoms with Gasteiger partial charge >= 0.3 is 0 Å². The molecule has 19 heavy (non-hydrogen) atoms. The molecule has 2 aliphatic rings. The fourth-order valence-corrected chi connectivity index (χ4v) is 3.80. The average molecular weight is 268 g/mol. The minimum atomic E-state index is 0.444. The summed E-state index contributed by atoms with van der Waals surface area (Å²) >= 11 is 0. The van der Waals surface area contributed by atoms with E-state index in [1.54, 1.807) is 0 Å². The van der Waals surface area contributed by atoms with Crippen LogP contribution in [0.15, 0.2) is 0 Å². The summed E-state index contributed by atoms with van der Waals surface area (Å²) in [6.45, 7) is 7.07. The van der Waals surface area contributed by atoms with Crippen molar-refractivity contribution in [1.82, 2.24) is 10.2 Å². The largest absolute Gasteiger partial charge is 0.380 e. The van der Waals surface area contributed by atoms with Gasteiger partial charge in [-0.25, -0.2) is 0 Å². The third-order valence-electron chi connectivity index (χ3n) is 4.90. The molecule has 0 aromatic rings. The van der Waals surface area contributed by atoms with Crippen LogP contribution in [0.2, 0.25) is 0 Å². The number of nitrogens with zero attached hydrogens (tertiary/aromatic N) is 1. The van der Waals surface area contributed by atoms with Crippen molar-refractivity contribution in [2.75, 3.05) is 20.2 Å². The zero-order chi connectivity index (χ0) is 13.7. The Morgan fingerprint density at radius 1 is 1.11 bits per heavy atom. The van der Waals surface area contributed by atoms with E-state index in [1.807, 2.05) is 7.11 Å². The Morgan fingerprint density at radius 2 is 1.84 bits per heavy atom. The maximum atomic E-state index is 5.76. The first-order valence-electron chi connectivity index (χ1n) is 8.24. The van der Waals surface area contributed by atoms with Gasteiger partial charge in [-0.1, -0.05) is 19.3 Å². The van der Waals surface area contributed by atoms with E-state index in [9.17, 15) is 0 Å². The lowest BCUT2D eigenvalue weighted by atomic mass is 9.89. The molecule has 3 nitrogen and oxygen atoms in total. The minimum Gasteiger partial charge on any atom is -0.380 e. The van der Waals surface area contributed by atoms with Gasteiger partial charge in [0.2, 0.25) is 0 Å². The summed E-state index contributed by atoms with van der Waals surface area (Å²) in [5.74, 6) is 0. The minimum absolute atomic E-state index is 0.444. The molecule has 1 saturated carbocycles. The smallest absolute Gasteiger partial charge is 0.0726 e. The Hall–Kier alpha value is -0.120. The third kappa shape index (κ3) is 4.17. The maximum absolute atomic E-state index is 5.76. The van der Waals surface area contributed by atoms with Crippen LogP contribution in [-0.4, -0.2) is 49.3 Å². The molecule has 1 aliphatic heterocycles. The lowest BCUT2D eigenvalue weighted by molar-refractivity contribution is -0.0264. The molecule has 3 heteroatoms. The number of rotatable bonds is 5. The van der Waals surface area contributed by atoms with Gasteiger partial charge in [0.25, 0.3) is 0 Å². The molecule has 0 amide bonds. The Labute approximate surface area is 119 Å². The van der Waals surface area contributed by atoms with E-state index in [2.05, 4.69) is 24.1 Å². The van der Waals surface area contributed by atoms with Gasteiger partial charge in [-0.2, -0.15) is 0 Å². The molecule has 0 radical (unpaired) electrons. The van der Waals surface area contributed by atoms with Gasteiger partial charge in [-0.05, 0) is 46.1 Å². The van der Waals surface area contributed by atoms with Crippen molar-refractivity contribution >= 4 is 0 Å². The predicted molar refractivity (Wildman–Crippen MR) is 80.5 cm³/mol. The molecule has 0 aromatic heterocycles. The summed E-state index contributed by atoms with van der Waals surface area (Å²) in [4.78, 5) is 2.70. The maximum Gasteiger partial charge on any atom is 0.0726 e. The summed E-state index contributed by atoms with van der Waals surface area (Å²) in [5.41, 5.74) is 0. The Morgan fingerprint density at radius 3 is 2.47 bits per heavy atom. The van der Waals surface area contributed by atoms with Gasteiger partial charge in [-0.3, -0.25) is 4.90 Å². The second-order valence-corrected chi connectivity index (χ2v) is 6.56. The quantitative estimate of drug-likeness (QED) is 0.830. The van der Waals surface area contributed by atoms with Gasteiger partial charge in [0.15, 0.2) is 0 Å². The Kier molecular flexibility index (Phi) is 6.11. The number of methoxy groups -OCH3 is 1. The predicted octanol–water partition coefficient (Wildman–Crippen LogP) is 2.80. The molecule has 2 fully saturated rings. The summed E-state index contributed by atoms with van der Waals surface area (Å²) in [6.07, 6.45) is 9.78. The van der Waals surface area contributed by atoms with E-state index in [-0.39, 0.29) is 0 Å². The average Bonchev–Trinajstić information content (AvgIpc) is 2.45. The monoisotopic (exact) mass is 268 g/mol. The SMILES string of the molecule is COC1CCCCC1N(CC1CCCCN1)C(C)C. The van der Waals surface area contributed by atoms with E-state index in [0.29, 0.717) is 24.2 Å². The van der Waals surface area contributed by atoms with Crippen molar-refractivity contribution in [3.8, 4) is 0 Å². The summed E-state index contributed by atoms with van der Waals surface area (Å²) in [7, 11) is 1.89. The molecule has 1 aliphatic carbocycles. The van der Waals surface area contributed by atoms with Gasteiger partial charge in [-0.15, -0.1) is 0 Å². The molecule has 3 atom stereocenters. The molecule has 112 valence electrons. The van der Waals surface area contributed by atoms with Crippen molar-refractivity contribution in [1.29, 1.82) is 0 Å².